The van der Waals surface area contributed by atoms with Crippen LogP contribution in [0.4, 0.5) is 0 Å². The average molecular weight is 547 g/mol. The van der Waals surface area contributed by atoms with Crippen LogP contribution < -0.4 is 10.0 Å². The van der Waals surface area contributed by atoms with Crippen molar-refractivity contribution < 1.29 is 9.53 Å². The van der Waals surface area contributed by atoms with E-state index >= 15 is 0 Å². The van der Waals surface area contributed by atoms with E-state index in [-0.39, 0.29) is 5.52 Å². The molecule has 3 rings (SSSR count). The summed E-state index contributed by atoms with van der Waals surface area (Å²) in [4.78, 5) is 14.7. The van der Waals surface area contributed by atoms with Gasteiger partial charge in [0.1, 0.15) is 5.75 Å². The number of allylic oxidation sites excluding steroid dienone is 4. The lowest BCUT2D eigenvalue weighted by atomic mass is 9.93. The first-order chi connectivity index (χ1) is 18.7. The number of ether oxygens (including phenoxy) is 1. The van der Waals surface area contributed by atoms with Crippen molar-refractivity contribution >= 4 is 18.8 Å². The molecule has 2 unspecified atom stereocenters. The molecule has 0 saturated carbocycles. The van der Waals surface area contributed by atoms with Crippen molar-refractivity contribution in [2.24, 2.45) is 5.92 Å². The molecule has 0 aliphatic heterocycles. The maximum Gasteiger partial charge on any atom is 0.193 e. The summed E-state index contributed by atoms with van der Waals surface area (Å²) in [5.74, 6) is 1.42. The summed E-state index contributed by atoms with van der Waals surface area (Å²) in [5.41, 5.74) is 8.43. The van der Waals surface area contributed by atoms with E-state index < -0.39 is 7.92 Å². The molecule has 0 heterocycles. The first-order valence-corrected chi connectivity index (χ1v) is 16.6. The number of carbonyl (C=O) groups excluding carboxylic acids is 1. The summed E-state index contributed by atoms with van der Waals surface area (Å²) in [6, 6.07) is 11.1. The molecule has 0 bridgehead atoms. The van der Waals surface area contributed by atoms with Gasteiger partial charge in [-0.25, -0.2) is 0 Å². The lowest BCUT2D eigenvalue weighted by Gasteiger charge is -2.30. The molecule has 1 aliphatic carbocycles. The third kappa shape index (κ3) is 8.17. The van der Waals surface area contributed by atoms with Crippen molar-refractivity contribution in [3.63, 3.8) is 0 Å². The van der Waals surface area contributed by atoms with Crippen molar-refractivity contribution in [3.8, 4) is 5.75 Å². The predicted octanol–water partition coefficient (Wildman–Crippen LogP) is 10.5. The van der Waals surface area contributed by atoms with E-state index in [9.17, 15) is 4.79 Å². The van der Waals surface area contributed by atoms with Crippen molar-refractivity contribution in [1.82, 2.24) is 0 Å². The molecular weight excluding hydrogens is 495 g/mol. The fraction of sp³-hybridized carbons (Fsp3) is 0.528. The molecule has 0 aromatic heterocycles. The van der Waals surface area contributed by atoms with Gasteiger partial charge in [0, 0.05) is 18.8 Å². The molecule has 0 radical (unpaired) electrons. The molecule has 1 aliphatic rings. The van der Waals surface area contributed by atoms with E-state index in [0.29, 0.717) is 12.5 Å². The molecule has 0 fully saturated rings. The highest BCUT2D eigenvalue weighted by Crippen LogP contribution is 2.56. The minimum absolute atomic E-state index is 0.255. The lowest BCUT2D eigenvalue weighted by molar-refractivity contribution is 0.108. The SMILES string of the molecule is CCCCCCc1ccc(P(C(=O)c2c(C)cc(C)cc2C)C2=C(C)CC(C)C=C2C)c(OCCCCC)c1. The third-order valence-corrected chi connectivity index (χ3v) is 10.5. The summed E-state index contributed by atoms with van der Waals surface area (Å²) in [7, 11) is -1.28. The molecule has 2 atom stereocenters. The average Bonchev–Trinajstić information content (AvgIpc) is 2.86. The van der Waals surface area contributed by atoms with E-state index in [2.05, 4.69) is 91.8 Å². The molecule has 0 N–H and O–H groups in total. The van der Waals surface area contributed by atoms with Gasteiger partial charge in [0.2, 0.25) is 0 Å². The van der Waals surface area contributed by atoms with Gasteiger partial charge in [-0.15, -0.1) is 0 Å². The maximum atomic E-state index is 14.7. The second-order valence-corrected chi connectivity index (χ2v) is 13.7. The van der Waals surface area contributed by atoms with Crippen LogP contribution in [0.5, 0.6) is 5.75 Å². The van der Waals surface area contributed by atoms with Gasteiger partial charge in [-0.3, -0.25) is 4.79 Å². The van der Waals surface area contributed by atoms with Crippen LogP contribution >= 0.6 is 7.92 Å². The molecule has 0 amide bonds. The van der Waals surface area contributed by atoms with Crippen LogP contribution in [0.2, 0.25) is 0 Å². The second-order valence-electron chi connectivity index (χ2n) is 11.7. The number of benzene rings is 2. The van der Waals surface area contributed by atoms with Crippen molar-refractivity contribution in [2.45, 2.75) is 113 Å². The van der Waals surface area contributed by atoms with Gasteiger partial charge < -0.3 is 4.74 Å². The predicted molar refractivity (Wildman–Crippen MR) is 171 cm³/mol. The number of hydrogen-bond donors (Lipinski definition) is 0. The van der Waals surface area contributed by atoms with Gasteiger partial charge in [-0.05, 0) is 106 Å². The third-order valence-electron chi connectivity index (χ3n) is 7.85. The Kier molecular flexibility index (Phi) is 12.1. The number of carbonyl (C=O) groups is 1. The van der Waals surface area contributed by atoms with Gasteiger partial charge in [0.25, 0.3) is 0 Å². The first kappa shape index (κ1) is 31.3. The van der Waals surface area contributed by atoms with Gasteiger partial charge in [0.15, 0.2) is 5.52 Å². The molecule has 2 aromatic rings. The van der Waals surface area contributed by atoms with E-state index in [0.717, 1.165) is 53.4 Å². The number of unbranched alkanes of at least 4 members (excludes halogenated alkanes) is 5. The van der Waals surface area contributed by atoms with Crippen LogP contribution in [0.25, 0.3) is 0 Å². The van der Waals surface area contributed by atoms with Crippen LogP contribution in [0.15, 0.2) is 52.9 Å². The molecule has 2 aromatic carbocycles. The van der Waals surface area contributed by atoms with Crippen molar-refractivity contribution in [1.29, 1.82) is 0 Å². The highest BCUT2D eigenvalue weighted by atomic mass is 31.1. The zero-order valence-electron chi connectivity index (χ0n) is 25.9. The quantitative estimate of drug-likeness (QED) is 0.174. The lowest BCUT2D eigenvalue weighted by Crippen LogP contribution is -2.19. The Morgan fingerprint density at radius 3 is 2.21 bits per heavy atom. The Morgan fingerprint density at radius 1 is 0.897 bits per heavy atom. The van der Waals surface area contributed by atoms with Crippen molar-refractivity contribution in [3.05, 3.63) is 80.7 Å². The molecule has 39 heavy (non-hydrogen) atoms. The van der Waals surface area contributed by atoms with Crippen LogP contribution in [-0.4, -0.2) is 12.1 Å². The Bertz CT molecular complexity index is 1180. The molecule has 212 valence electrons. The summed E-state index contributed by atoms with van der Waals surface area (Å²) >= 11 is 0. The Morgan fingerprint density at radius 2 is 1.56 bits per heavy atom. The van der Waals surface area contributed by atoms with E-state index in [1.54, 1.807) is 0 Å². The van der Waals surface area contributed by atoms with Crippen molar-refractivity contribution in [2.75, 3.05) is 6.61 Å². The van der Waals surface area contributed by atoms with Crippen LogP contribution in [0.1, 0.15) is 119 Å². The molecule has 0 saturated heterocycles. The first-order valence-electron chi connectivity index (χ1n) is 15.2. The monoisotopic (exact) mass is 546 g/mol. The Balaban J connectivity index is 2.15. The molecule has 0 spiro atoms. The zero-order valence-corrected chi connectivity index (χ0v) is 26.8. The Labute approximate surface area is 240 Å². The van der Waals surface area contributed by atoms with E-state index in [4.69, 9.17) is 4.74 Å². The van der Waals surface area contributed by atoms with Gasteiger partial charge in [-0.2, -0.15) is 0 Å². The largest absolute Gasteiger partial charge is 0.493 e. The smallest absolute Gasteiger partial charge is 0.193 e. The minimum Gasteiger partial charge on any atom is -0.493 e. The molecule has 3 heteroatoms. The highest BCUT2D eigenvalue weighted by molar-refractivity contribution is 7.86. The fourth-order valence-corrected chi connectivity index (χ4v) is 8.83. The molecular formula is C36H51O2P. The fourth-order valence-electron chi connectivity index (χ4n) is 6.11. The van der Waals surface area contributed by atoms with Gasteiger partial charge in [-0.1, -0.05) is 88.3 Å². The standard InChI is InChI=1S/C36H51O2P/c1-9-11-13-14-16-31-17-18-33(32(24-31)38-19-15-12-10-2)39(35-29(7)22-26(4)23-30(35)8)36(37)34-27(5)20-25(3)21-28(34)6/h17-18,20-22,24,26H,9-16,19,23H2,1-8H3. The number of aryl methyl sites for hydroxylation is 4. The highest BCUT2D eigenvalue weighted by Gasteiger charge is 2.34. The van der Waals surface area contributed by atoms with E-state index in [1.165, 1.54) is 59.7 Å². The number of hydrogen-bond acceptors (Lipinski definition) is 2. The van der Waals surface area contributed by atoms with Gasteiger partial charge >= 0.3 is 0 Å². The normalized spacial score (nSPS) is 16.3. The molecule has 2 nitrogen and oxygen atoms in total. The summed E-state index contributed by atoms with van der Waals surface area (Å²) in [6.07, 6.45) is 12.8. The summed E-state index contributed by atoms with van der Waals surface area (Å²) in [5, 5.41) is 2.33. The minimum atomic E-state index is -1.28. The summed E-state index contributed by atoms with van der Waals surface area (Å²) in [6.45, 7) is 18.2. The topological polar surface area (TPSA) is 26.3 Å². The van der Waals surface area contributed by atoms with Gasteiger partial charge in [0.05, 0.1) is 6.61 Å². The van der Waals surface area contributed by atoms with E-state index in [1.807, 2.05) is 0 Å². The van der Waals surface area contributed by atoms with Crippen LogP contribution in [-0.2, 0) is 6.42 Å². The zero-order chi connectivity index (χ0) is 28.5. The van der Waals surface area contributed by atoms with Crippen LogP contribution in [0.3, 0.4) is 0 Å². The second kappa shape index (κ2) is 15.0. The van der Waals surface area contributed by atoms with Crippen LogP contribution in [0, 0.1) is 26.7 Å². The number of rotatable bonds is 14. The summed E-state index contributed by atoms with van der Waals surface area (Å²) < 4.78 is 6.56. The maximum absolute atomic E-state index is 14.7. The Hall–Kier alpha value is -2.18.